The Labute approximate surface area is 134 Å². The normalized spacial score (nSPS) is 25.6. The van der Waals surface area contributed by atoms with Crippen molar-refractivity contribution in [2.24, 2.45) is 5.92 Å². The Bertz CT molecular complexity index is 893. The average molecular weight is 303 g/mol. The van der Waals surface area contributed by atoms with Crippen LogP contribution < -0.4 is 0 Å². The molecule has 3 aromatic rings. The van der Waals surface area contributed by atoms with Crippen LogP contribution in [-0.2, 0) is 5.54 Å². The zero-order valence-electron chi connectivity index (χ0n) is 12.7. The Morgan fingerprint density at radius 3 is 2.74 bits per heavy atom. The summed E-state index contributed by atoms with van der Waals surface area (Å²) in [6, 6.07) is 16.3. The van der Waals surface area contributed by atoms with Gasteiger partial charge in [0.15, 0.2) is 0 Å². The Hall–Kier alpha value is -2.62. The molecule has 0 spiro atoms. The largest absolute Gasteiger partial charge is 0.327 e. The van der Waals surface area contributed by atoms with Crippen molar-refractivity contribution in [3.63, 3.8) is 0 Å². The lowest BCUT2D eigenvalue weighted by molar-refractivity contribution is 0.0546. The molecule has 0 N–H and O–H groups in total. The molecule has 2 bridgehead atoms. The highest BCUT2D eigenvalue weighted by Gasteiger charge is 2.58. The lowest BCUT2D eigenvalue weighted by Gasteiger charge is -2.42. The summed E-state index contributed by atoms with van der Waals surface area (Å²) in [5, 5.41) is 0. The number of hydrogen-bond acceptors (Lipinski definition) is 2. The Balaban J connectivity index is 1.59. The predicted molar refractivity (Wildman–Crippen MR) is 87.1 cm³/mol. The van der Waals surface area contributed by atoms with E-state index in [4.69, 9.17) is 0 Å². The number of imidazole rings is 1. The third-order valence-electron chi connectivity index (χ3n) is 5.43. The number of pyridine rings is 1. The quantitative estimate of drug-likeness (QED) is 0.729. The molecule has 1 aliphatic carbocycles. The second-order valence-corrected chi connectivity index (χ2v) is 6.69. The molecule has 4 nitrogen and oxygen atoms in total. The third-order valence-corrected chi connectivity index (χ3v) is 5.43. The van der Waals surface area contributed by atoms with Crippen molar-refractivity contribution in [2.75, 3.05) is 6.54 Å². The third kappa shape index (κ3) is 1.66. The molecule has 0 radical (unpaired) electrons. The van der Waals surface area contributed by atoms with Crippen molar-refractivity contribution in [2.45, 2.75) is 18.4 Å². The van der Waals surface area contributed by atoms with Gasteiger partial charge in [0, 0.05) is 6.54 Å². The Kier molecular flexibility index (Phi) is 2.49. The summed E-state index contributed by atoms with van der Waals surface area (Å²) in [5.74, 6) is 0.749. The molecule has 1 amide bonds. The number of aromatic nitrogens is 2. The molecule has 6 rings (SSSR count). The van der Waals surface area contributed by atoms with Crippen LogP contribution in [0.4, 0.5) is 0 Å². The highest BCUT2D eigenvalue weighted by atomic mass is 16.2. The van der Waals surface area contributed by atoms with E-state index in [-0.39, 0.29) is 11.4 Å². The molecular formula is C19H17N3O. The molecule has 2 aromatic heterocycles. The predicted octanol–water partition coefficient (Wildman–Crippen LogP) is 3.10. The van der Waals surface area contributed by atoms with Crippen molar-refractivity contribution in [3.8, 4) is 0 Å². The van der Waals surface area contributed by atoms with E-state index in [1.807, 2.05) is 28.7 Å². The maximum absolute atomic E-state index is 13.3. The van der Waals surface area contributed by atoms with Gasteiger partial charge in [0.25, 0.3) is 5.91 Å². The van der Waals surface area contributed by atoms with Gasteiger partial charge in [-0.2, -0.15) is 0 Å². The molecule has 0 atom stereocenters. The van der Waals surface area contributed by atoms with E-state index < -0.39 is 0 Å². The van der Waals surface area contributed by atoms with Crippen LogP contribution >= 0.6 is 0 Å². The molecule has 4 heterocycles. The number of rotatable bonds is 2. The van der Waals surface area contributed by atoms with Crippen molar-refractivity contribution in [3.05, 3.63) is 72.3 Å². The van der Waals surface area contributed by atoms with E-state index in [9.17, 15) is 4.79 Å². The summed E-state index contributed by atoms with van der Waals surface area (Å²) in [6.07, 6.45) is 5.68. The standard InChI is InChI=1S/C19H17N3O/c23-18(17-8-4-7-16-11-20-13-21(16)17)22-12-14-9-19(22,10-14)15-5-2-1-3-6-15/h1-8,11,13-14H,9-10,12H2. The SMILES string of the molecule is O=C(c1cccc2cncn12)N1CC2CC1(c1ccccc1)C2. The van der Waals surface area contributed by atoms with E-state index >= 15 is 0 Å². The van der Waals surface area contributed by atoms with E-state index in [1.165, 1.54) is 5.56 Å². The van der Waals surface area contributed by atoms with Crippen LogP contribution in [0.15, 0.2) is 61.1 Å². The minimum absolute atomic E-state index is 0.105. The van der Waals surface area contributed by atoms with Gasteiger partial charge in [0.2, 0.25) is 0 Å². The minimum atomic E-state index is -0.105. The van der Waals surface area contributed by atoms with Gasteiger partial charge in [-0.1, -0.05) is 36.4 Å². The van der Waals surface area contributed by atoms with Gasteiger partial charge in [0.05, 0.1) is 23.6 Å². The molecule has 114 valence electrons. The highest BCUT2D eigenvalue weighted by molar-refractivity contribution is 5.94. The number of carbonyl (C=O) groups excluding carboxylic acids is 1. The fourth-order valence-electron chi connectivity index (χ4n) is 4.36. The Morgan fingerprint density at radius 1 is 1.09 bits per heavy atom. The first kappa shape index (κ1) is 12.9. The van der Waals surface area contributed by atoms with E-state index in [1.54, 1.807) is 12.5 Å². The minimum Gasteiger partial charge on any atom is -0.327 e. The van der Waals surface area contributed by atoms with Gasteiger partial charge in [-0.25, -0.2) is 4.98 Å². The van der Waals surface area contributed by atoms with E-state index in [0.717, 1.165) is 24.9 Å². The molecule has 0 unspecified atom stereocenters. The number of nitrogens with zero attached hydrogens (tertiary/aromatic N) is 3. The lowest BCUT2D eigenvalue weighted by Crippen LogP contribution is -2.46. The summed E-state index contributed by atoms with van der Waals surface area (Å²) in [7, 11) is 0. The summed E-state index contributed by atoms with van der Waals surface area (Å²) in [5.41, 5.74) is 2.81. The molecule has 1 saturated carbocycles. The molecule has 1 aromatic carbocycles. The lowest BCUT2D eigenvalue weighted by atomic mass is 9.69. The van der Waals surface area contributed by atoms with Gasteiger partial charge in [-0.05, 0) is 36.5 Å². The average Bonchev–Trinajstić information content (AvgIpc) is 3.26. The number of fused-ring (bicyclic) bond motifs is 2. The summed E-state index contributed by atoms with van der Waals surface area (Å²) < 4.78 is 1.89. The smallest absolute Gasteiger partial charge is 0.271 e. The van der Waals surface area contributed by atoms with Gasteiger partial charge in [0.1, 0.15) is 5.69 Å². The molecule has 23 heavy (non-hydrogen) atoms. The first-order chi connectivity index (χ1) is 11.3. The van der Waals surface area contributed by atoms with Crippen molar-refractivity contribution in [1.29, 1.82) is 0 Å². The van der Waals surface area contributed by atoms with Crippen molar-refractivity contribution >= 4 is 11.4 Å². The first-order valence-electron chi connectivity index (χ1n) is 8.06. The second-order valence-electron chi connectivity index (χ2n) is 6.69. The number of amides is 1. The molecule has 2 saturated heterocycles. The summed E-state index contributed by atoms with van der Waals surface area (Å²) in [6.45, 7) is 0.860. The van der Waals surface area contributed by atoms with Crippen LogP contribution in [0.2, 0.25) is 0 Å². The fourth-order valence-corrected chi connectivity index (χ4v) is 4.36. The van der Waals surface area contributed by atoms with Crippen LogP contribution in [0.25, 0.3) is 5.52 Å². The van der Waals surface area contributed by atoms with Crippen LogP contribution in [0, 0.1) is 5.92 Å². The second kappa shape index (κ2) is 4.44. The topological polar surface area (TPSA) is 37.6 Å². The van der Waals surface area contributed by atoms with Crippen molar-refractivity contribution < 1.29 is 4.79 Å². The Morgan fingerprint density at radius 2 is 1.91 bits per heavy atom. The van der Waals surface area contributed by atoms with Gasteiger partial charge >= 0.3 is 0 Å². The van der Waals surface area contributed by atoms with E-state index in [2.05, 4.69) is 34.1 Å². The monoisotopic (exact) mass is 303 g/mol. The van der Waals surface area contributed by atoms with E-state index in [0.29, 0.717) is 11.6 Å². The molecular weight excluding hydrogens is 286 g/mol. The molecule has 4 heteroatoms. The van der Waals surface area contributed by atoms with Crippen LogP contribution in [-0.4, -0.2) is 26.7 Å². The first-order valence-corrected chi connectivity index (χ1v) is 8.06. The van der Waals surface area contributed by atoms with Crippen LogP contribution in [0.5, 0.6) is 0 Å². The molecule has 3 aliphatic rings. The van der Waals surface area contributed by atoms with Gasteiger partial charge in [-0.15, -0.1) is 0 Å². The van der Waals surface area contributed by atoms with Crippen LogP contribution in [0.3, 0.4) is 0 Å². The molecule has 3 fully saturated rings. The zero-order valence-corrected chi connectivity index (χ0v) is 12.7. The highest BCUT2D eigenvalue weighted by Crippen LogP contribution is 2.57. The fraction of sp³-hybridized carbons (Fsp3) is 0.263. The molecule has 2 aliphatic heterocycles. The number of benzene rings is 1. The zero-order chi connectivity index (χ0) is 15.4. The summed E-state index contributed by atoms with van der Waals surface area (Å²) >= 11 is 0. The summed E-state index contributed by atoms with van der Waals surface area (Å²) in [4.78, 5) is 19.5. The number of hydrogen-bond donors (Lipinski definition) is 0. The maximum atomic E-state index is 13.3. The van der Waals surface area contributed by atoms with Crippen LogP contribution in [0.1, 0.15) is 28.9 Å². The van der Waals surface area contributed by atoms with Crippen molar-refractivity contribution in [1.82, 2.24) is 14.3 Å². The van der Waals surface area contributed by atoms with Gasteiger partial charge < -0.3 is 4.90 Å². The maximum Gasteiger partial charge on any atom is 0.271 e. The van der Waals surface area contributed by atoms with Gasteiger partial charge in [-0.3, -0.25) is 9.20 Å². The number of carbonyl (C=O) groups is 1.